The van der Waals surface area contributed by atoms with Gasteiger partial charge in [-0.1, -0.05) is 0 Å². The summed E-state index contributed by atoms with van der Waals surface area (Å²) in [4.78, 5) is 17.7. The molecule has 1 aromatic heterocycles. The number of fused-ring (bicyclic) bond motifs is 2. The number of anilines is 1. The Labute approximate surface area is 170 Å². The minimum Gasteiger partial charge on any atom is -0.315 e. The van der Waals surface area contributed by atoms with Crippen LogP contribution in [0.25, 0.3) is 11.1 Å². The Bertz CT molecular complexity index is 1080. The number of carbonyl (C=O) groups excluding carboxylic acids is 1. The van der Waals surface area contributed by atoms with Crippen molar-refractivity contribution in [3.05, 3.63) is 47.0 Å². The van der Waals surface area contributed by atoms with Crippen LogP contribution in [0.1, 0.15) is 48.9 Å². The average Bonchev–Trinajstić information content (AvgIpc) is 2.71. The maximum Gasteiger partial charge on any atom is 0.227 e. The second-order valence-electron chi connectivity index (χ2n) is 7.63. The third kappa shape index (κ3) is 3.67. The van der Waals surface area contributed by atoms with Crippen molar-refractivity contribution in [1.29, 1.82) is 0 Å². The van der Waals surface area contributed by atoms with Crippen LogP contribution >= 0.6 is 0 Å². The Morgan fingerprint density at radius 2 is 2.00 bits per heavy atom. The van der Waals surface area contributed by atoms with Gasteiger partial charge in [0.15, 0.2) is 0 Å². The van der Waals surface area contributed by atoms with Crippen LogP contribution in [0.5, 0.6) is 0 Å². The lowest BCUT2D eigenvalue weighted by Crippen LogP contribution is -2.32. The average molecular weight is 418 g/mol. The first-order valence-electron chi connectivity index (χ1n) is 9.87. The van der Waals surface area contributed by atoms with Crippen molar-refractivity contribution in [2.24, 2.45) is 0 Å². The fraction of sp³-hybridized carbons (Fsp3) is 0.429. The second kappa shape index (κ2) is 7.50. The lowest BCUT2D eigenvalue weighted by Gasteiger charge is -2.29. The van der Waals surface area contributed by atoms with Crippen molar-refractivity contribution < 1.29 is 17.6 Å². The van der Waals surface area contributed by atoms with Crippen molar-refractivity contribution >= 4 is 21.6 Å². The smallest absolute Gasteiger partial charge is 0.227 e. The van der Waals surface area contributed by atoms with E-state index >= 15 is 4.39 Å². The summed E-state index contributed by atoms with van der Waals surface area (Å²) in [5.74, 6) is -0.413. The monoisotopic (exact) mass is 417 g/mol. The first-order valence-corrected chi connectivity index (χ1v) is 11.5. The molecule has 1 aliphatic carbocycles. The lowest BCUT2D eigenvalue weighted by atomic mass is 9.84. The maximum absolute atomic E-state index is 15.1. The van der Waals surface area contributed by atoms with E-state index < -0.39 is 15.8 Å². The normalized spacial score (nSPS) is 19.1. The number of sulfonamides is 1. The molecule has 29 heavy (non-hydrogen) atoms. The number of nitrogens with zero attached hydrogens (tertiary/aromatic N) is 2. The number of aromatic nitrogens is 1. The number of rotatable bonds is 4. The number of aryl methyl sites for hydroxylation is 1. The van der Waals surface area contributed by atoms with E-state index in [2.05, 4.69) is 9.71 Å². The summed E-state index contributed by atoms with van der Waals surface area (Å²) < 4.78 is 42.0. The molecule has 2 aliphatic rings. The fourth-order valence-corrected chi connectivity index (χ4v) is 5.09. The molecule has 0 spiro atoms. The summed E-state index contributed by atoms with van der Waals surface area (Å²) in [7, 11) is -1.70. The number of hydrogen-bond acceptors (Lipinski definition) is 4. The molecule has 0 saturated heterocycles. The van der Waals surface area contributed by atoms with Gasteiger partial charge < -0.3 is 4.90 Å². The molecule has 0 bridgehead atoms. The Morgan fingerprint density at radius 1 is 1.21 bits per heavy atom. The number of benzene rings is 1. The SMILES string of the molecule is CCS(=O)(=O)NC1CCCc2c(-c3cc4c(cc3F)N(C)C(=O)CC4)cncc21. The molecule has 4 rings (SSSR count). The van der Waals surface area contributed by atoms with Crippen LogP contribution in [0, 0.1) is 5.82 Å². The molecule has 2 heterocycles. The van der Waals surface area contributed by atoms with Crippen LogP contribution in [0.2, 0.25) is 0 Å². The number of nitrogens with one attached hydrogen (secondary N) is 1. The highest BCUT2D eigenvalue weighted by molar-refractivity contribution is 7.89. The fourth-order valence-electron chi connectivity index (χ4n) is 4.25. The van der Waals surface area contributed by atoms with E-state index in [0.29, 0.717) is 36.1 Å². The molecule has 2 aromatic rings. The summed E-state index contributed by atoms with van der Waals surface area (Å²) in [5.41, 5.74) is 4.44. The summed E-state index contributed by atoms with van der Waals surface area (Å²) >= 11 is 0. The molecule has 6 nitrogen and oxygen atoms in total. The van der Waals surface area contributed by atoms with E-state index in [4.69, 9.17) is 0 Å². The number of halogens is 1. The van der Waals surface area contributed by atoms with E-state index in [9.17, 15) is 13.2 Å². The summed E-state index contributed by atoms with van der Waals surface area (Å²) in [6.45, 7) is 1.60. The van der Waals surface area contributed by atoms with E-state index in [1.807, 2.05) is 6.07 Å². The topological polar surface area (TPSA) is 79.4 Å². The molecule has 0 saturated carbocycles. The van der Waals surface area contributed by atoms with Gasteiger partial charge >= 0.3 is 0 Å². The van der Waals surface area contributed by atoms with Crippen molar-refractivity contribution in [1.82, 2.24) is 9.71 Å². The third-order valence-electron chi connectivity index (χ3n) is 5.89. The van der Waals surface area contributed by atoms with Crippen LogP contribution in [0.4, 0.5) is 10.1 Å². The van der Waals surface area contributed by atoms with Crippen LogP contribution in [-0.2, 0) is 27.7 Å². The quantitative estimate of drug-likeness (QED) is 0.829. The molecule has 8 heteroatoms. The molecule has 154 valence electrons. The molecule has 1 aliphatic heterocycles. The minimum atomic E-state index is -3.36. The highest BCUT2D eigenvalue weighted by Gasteiger charge is 2.28. The van der Waals surface area contributed by atoms with Crippen LogP contribution < -0.4 is 9.62 Å². The Hall–Kier alpha value is -2.32. The third-order valence-corrected chi connectivity index (χ3v) is 7.29. The van der Waals surface area contributed by atoms with Gasteiger partial charge in [-0.15, -0.1) is 0 Å². The number of pyridine rings is 1. The van der Waals surface area contributed by atoms with Crippen molar-refractivity contribution in [2.75, 3.05) is 17.7 Å². The predicted molar refractivity (Wildman–Crippen MR) is 110 cm³/mol. The molecular weight excluding hydrogens is 393 g/mol. The highest BCUT2D eigenvalue weighted by Crippen LogP contribution is 2.39. The Balaban J connectivity index is 1.79. The van der Waals surface area contributed by atoms with Gasteiger partial charge in [0.05, 0.1) is 5.75 Å². The molecule has 1 amide bonds. The van der Waals surface area contributed by atoms with Gasteiger partial charge in [0.25, 0.3) is 0 Å². The predicted octanol–water partition coefficient (Wildman–Crippen LogP) is 3.11. The maximum atomic E-state index is 15.1. The van der Waals surface area contributed by atoms with Gasteiger partial charge in [-0.25, -0.2) is 17.5 Å². The molecule has 1 aromatic carbocycles. The summed E-state index contributed by atoms with van der Waals surface area (Å²) in [5, 5.41) is 0. The number of amides is 1. The lowest BCUT2D eigenvalue weighted by molar-refractivity contribution is -0.118. The van der Waals surface area contributed by atoms with E-state index in [-0.39, 0.29) is 17.7 Å². The molecule has 0 radical (unpaired) electrons. The van der Waals surface area contributed by atoms with Crippen LogP contribution in [0.15, 0.2) is 24.5 Å². The standard InChI is InChI=1S/C21H24FN3O3S/c1-3-29(27,28)24-19-6-4-5-14-16(11-23-12-17(14)19)15-9-13-7-8-21(26)25(2)20(13)10-18(15)22/h9-12,19,24H,3-8H2,1-2H3. The number of hydrogen-bond donors (Lipinski definition) is 1. The highest BCUT2D eigenvalue weighted by atomic mass is 32.2. The number of carbonyl (C=O) groups is 1. The molecule has 1 unspecified atom stereocenters. The van der Waals surface area contributed by atoms with Crippen LogP contribution in [0.3, 0.4) is 0 Å². The van der Waals surface area contributed by atoms with Crippen LogP contribution in [-0.4, -0.2) is 32.1 Å². The Morgan fingerprint density at radius 3 is 2.76 bits per heavy atom. The van der Waals surface area contributed by atoms with E-state index in [1.54, 1.807) is 26.4 Å². The molecule has 1 atom stereocenters. The zero-order chi connectivity index (χ0) is 20.8. The molecular formula is C21H24FN3O3S. The van der Waals surface area contributed by atoms with Gasteiger partial charge in [0, 0.05) is 48.7 Å². The minimum absolute atomic E-state index is 0.0115. The first kappa shape index (κ1) is 20.0. The van der Waals surface area contributed by atoms with Gasteiger partial charge in [0.2, 0.25) is 15.9 Å². The van der Waals surface area contributed by atoms with E-state index in [0.717, 1.165) is 29.5 Å². The molecule has 1 N–H and O–H groups in total. The van der Waals surface area contributed by atoms with Gasteiger partial charge in [0.1, 0.15) is 5.82 Å². The second-order valence-corrected chi connectivity index (χ2v) is 9.68. The van der Waals surface area contributed by atoms with Crippen molar-refractivity contribution in [2.45, 2.75) is 45.1 Å². The van der Waals surface area contributed by atoms with Gasteiger partial charge in [-0.3, -0.25) is 9.78 Å². The Kier molecular flexibility index (Phi) is 5.16. The van der Waals surface area contributed by atoms with Gasteiger partial charge in [-0.05, 0) is 61.4 Å². The first-order chi connectivity index (χ1) is 13.8. The van der Waals surface area contributed by atoms with Gasteiger partial charge in [-0.2, -0.15) is 0 Å². The summed E-state index contributed by atoms with van der Waals surface area (Å²) in [6, 6.07) is 2.88. The largest absolute Gasteiger partial charge is 0.315 e. The van der Waals surface area contributed by atoms with Crippen molar-refractivity contribution in [3.63, 3.8) is 0 Å². The summed E-state index contributed by atoms with van der Waals surface area (Å²) in [6.07, 6.45) is 6.56. The zero-order valence-electron chi connectivity index (χ0n) is 16.5. The van der Waals surface area contributed by atoms with Crippen molar-refractivity contribution in [3.8, 4) is 11.1 Å². The zero-order valence-corrected chi connectivity index (χ0v) is 17.4. The van der Waals surface area contributed by atoms with E-state index in [1.165, 1.54) is 11.0 Å². The molecule has 0 fully saturated rings.